The average Bonchev–Trinajstić information content (AvgIpc) is 1.82. The van der Waals surface area contributed by atoms with E-state index in [2.05, 4.69) is 15.9 Å². The van der Waals surface area contributed by atoms with Crippen molar-refractivity contribution in [2.24, 2.45) is 0 Å². The third-order valence-corrected chi connectivity index (χ3v) is 1.80. The molecule has 54 valence electrons. The molecule has 10 heavy (non-hydrogen) atoms. The van der Waals surface area contributed by atoms with E-state index in [1.54, 1.807) is 12.1 Å². The highest BCUT2D eigenvalue weighted by Gasteiger charge is 2.02. The summed E-state index contributed by atoms with van der Waals surface area (Å²) >= 11 is 8.73. The van der Waals surface area contributed by atoms with Crippen molar-refractivity contribution in [2.75, 3.05) is 5.73 Å². The van der Waals surface area contributed by atoms with Crippen molar-refractivity contribution in [3.63, 3.8) is 0 Å². The summed E-state index contributed by atoms with van der Waals surface area (Å²) in [4.78, 5) is 0. The molecule has 1 aromatic rings. The first kappa shape index (κ1) is 7.69. The van der Waals surface area contributed by atoms with Crippen molar-refractivity contribution < 1.29 is 5.11 Å². The number of phenolic OH excluding ortho intramolecular Hbond substituents is 1. The van der Waals surface area contributed by atoms with Gasteiger partial charge in [0.25, 0.3) is 0 Å². The predicted octanol–water partition coefficient (Wildman–Crippen LogP) is 2.39. The lowest BCUT2D eigenvalue weighted by Crippen LogP contribution is -1.85. The second kappa shape index (κ2) is 2.68. The molecule has 0 saturated heterocycles. The minimum atomic E-state index is -0.0649. The van der Waals surface area contributed by atoms with Crippen molar-refractivity contribution in [3.05, 3.63) is 21.6 Å². The lowest BCUT2D eigenvalue weighted by atomic mass is 10.3. The average molecular weight is 222 g/mol. The summed E-state index contributed by atoms with van der Waals surface area (Å²) in [6.45, 7) is 0. The molecule has 0 saturated carbocycles. The molecule has 0 aromatic heterocycles. The Morgan fingerprint density at radius 2 is 2.10 bits per heavy atom. The second-order valence-electron chi connectivity index (χ2n) is 1.83. The van der Waals surface area contributed by atoms with Gasteiger partial charge in [0.2, 0.25) is 0 Å². The highest BCUT2D eigenvalue weighted by Crippen LogP contribution is 2.32. The van der Waals surface area contributed by atoms with Crippen molar-refractivity contribution in [3.8, 4) is 5.75 Å². The van der Waals surface area contributed by atoms with Gasteiger partial charge in [-0.3, -0.25) is 0 Å². The normalized spacial score (nSPS) is 9.80. The Morgan fingerprint density at radius 3 is 2.60 bits per heavy atom. The zero-order valence-electron chi connectivity index (χ0n) is 4.94. The Labute approximate surface area is 71.7 Å². The Morgan fingerprint density at radius 1 is 1.50 bits per heavy atom. The quantitative estimate of drug-likeness (QED) is 0.523. The highest BCUT2D eigenvalue weighted by atomic mass is 79.9. The first-order valence-electron chi connectivity index (χ1n) is 2.54. The number of anilines is 1. The summed E-state index contributed by atoms with van der Waals surface area (Å²) in [5, 5.41) is 9.31. The smallest absolute Gasteiger partial charge is 0.157 e. The molecule has 0 heterocycles. The van der Waals surface area contributed by atoms with Gasteiger partial charge in [-0.25, -0.2) is 0 Å². The van der Waals surface area contributed by atoms with Gasteiger partial charge in [-0.05, 0) is 12.1 Å². The van der Waals surface area contributed by atoms with Crippen molar-refractivity contribution in [1.29, 1.82) is 0 Å². The molecule has 0 aliphatic heterocycles. The van der Waals surface area contributed by atoms with Gasteiger partial charge >= 0.3 is 0 Å². The van der Waals surface area contributed by atoms with Crippen molar-refractivity contribution in [1.82, 2.24) is 0 Å². The number of halogens is 2. The fraction of sp³-hybridized carbons (Fsp3) is 0. The fourth-order valence-corrected chi connectivity index (χ4v) is 1.42. The molecule has 0 unspecified atom stereocenters. The van der Waals surface area contributed by atoms with E-state index < -0.39 is 0 Å². The summed E-state index contributed by atoms with van der Waals surface area (Å²) in [5.41, 5.74) is 5.63. The maximum atomic E-state index is 9.05. The van der Waals surface area contributed by atoms with Crippen LogP contribution in [-0.4, -0.2) is 5.11 Å². The monoisotopic (exact) mass is 221 g/mol. The molecule has 0 fully saturated rings. The van der Waals surface area contributed by atoms with Crippen LogP contribution in [0.5, 0.6) is 5.75 Å². The molecule has 0 bridgehead atoms. The van der Waals surface area contributed by atoms with E-state index in [9.17, 15) is 0 Å². The van der Waals surface area contributed by atoms with E-state index in [-0.39, 0.29) is 16.5 Å². The number of nitrogens with two attached hydrogens (primary N) is 1. The van der Waals surface area contributed by atoms with Crippen LogP contribution < -0.4 is 5.73 Å². The van der Waals surface area contributed by atoms with E-state index in [4.69, 9.17) is 22.4 Å². The van der Waals surface area contributed by atoms with Gasteiger partial charge in [0, 0.05) is 4.47 Å². The largest absolute Gasteiger partial charge is 0.504 e. The first-order chi connectivity index (χ1) is 4.61. The minimum absolute atomic E-state index is 0.0649. The van der Waals surface area contributed by atoms with Crippen LogP contribution in [0.1, 0.15) is 0 Å². The van der Waals surface area contributed by atoms with Crippen LogP contribution in [0.3, 0.4) is 0 Å². The molecule has 3 N–H and O–H groups in total. The van der Waals surface area contributed by atoms with E-state index in [1.807, 2.05) is 0 Å². The highest BCUT2D eigenvalue weighted by molar-refractivity contribution is 9.10. The number of hydrogen-bond acceptors (Lipinski definition) is 2. The van der Waals surface area contributed by atoms with Gasteiger partial charge in [-0.2, -0.15) is 0 Å². The molecule has 0 spiro atoms. The summed E-state index contributed by atoms with van der Waals surface area (Å²) in [6.07, 6.45) is 0. The summed E-state index contributed by atoms with van der Waals surface area (Å²) in [6, 6.07) is 3.16. The van der Waals surface area contributed by atoms with E-state index in [0.717, 1.165) is 4.47 Å². The summed E-state index contributed by atoms with van der Waals surface area (Å²) < 4.78 is 0.757. The Balaban J connectivity index is 3.31. The maximum absolute atomic E-state index is 9.05. The number of aromatic hydroxyl groups is 1. The van der Waals surface area contributed by atoms with Crippen molar-refractivity contribution in [2.45, 2.75) is 0 Å². The number of hydrogen-bond donors (Lipinski definition) is 2. The SMILES string of the molecule is Nc1cc(Br)cc(Cl)c1O. The number of phenols is 1. The number of benzene rings is 1. The van der Waals surface area contributed by atoms with Gasteiger partial charge in [-0.15, -0.1) is 0 Å². The van der Waals surface area contributed by atoms with Crippen LogP contribution in [0.25, 0.3) is 0 Å². The summed E-state index contributed by atoms with van der Waals surface area (Å²) in [7, 11) is 0. The Bertz CT molecular complexity index is 241. The summed E-state index contributed by atoms with van der Waals surface area (Å²) in [5.74, 6) is -0.0649. The lowest BCUT2D eigenvalue weighted by molar-refractivity contribution is 0.478. The second-order valence-corrected chi connectivity index (χ2v) is 3.15. The molecule has 1 rings (SSSR count). The van der Waals surface area contributed by atoms with E-state index in [0.29, 0.717) is 0 Å². The third kappa shape index (κ3) is 1.36. The molecule has 2 nitrogen and oxygen atoms in total. The predicted molar refractivity (Wildman–Crippen MR) is 45.2 cm³/mol. The fourth-order valence-electron chi connectivity index (χ4n) is 0.586. The van der Waals surface area contributed by atoms with Gasteiger partial charge in [-0.1, -0.05) is 27.5 Å². The number of nitrogen functional groups attached to an aromatic ring is 1. The zero-order valence-corrected chi connectivity index (χ0v) is 7.28. The maximum Gasteiger partial charge on any atom is 0.157 e. The topological polar surface area (TPSA) is 46.2 Å². The molecule has 1 aromatic carbocycles. The van der Waals surface area contributed by atoms with Crippen LogP contribution in [0.15, 0.2) is 16.6 Å². The molecule has 4 heteroatoms. The molecular formula is C6H5BrClNO. The Kier molecular flexibility index (Phi) is 2.06. The first-order valence-corrected chi connectivity index (χ1v) is 3.72. The van der Waals surface area contributed by atoms with E-state index in [1.165, 1.54) is 0 Å². The molecular weight excluding hydrogens is 217 g/mol. The van der Waals surface area contributed by atoms with Gasteiger partial charge in [0.05, 0.1) is 10.7 Å². The van der Waals surface area contributed by atoms with Crippen molar-refractivity contribution >= 4 is 33.2 Å². The lowest BCUT2D eigenvalue weighted by Gasteiger charge is -2.00. The minimum Gasteiger partial charge on any atom is -0.504 e. The number of rotatable bonds is 0. The standard InChI is InChI=1S/C6H5BrClNO/c7-3-1-4(8)6(10)5(9)2-3/h1-2,10H,9H2. The molecule has 0 amide bonds. The van der Waals surface area contributed by atoms with Crippen LogP contribution in [-0.2, 0) is 0 Å². The molecule has 0 aliphatic carbocycles. The third-order valence-electron chi connectivity index (χ3n) is 1.06. The van der Waals surface area contributed by atoms with E-state index >= 15 is 0 Å². The van der Waals surface area contributed by atoms with Gasteiger partial charge in [0.1, 0.15) is 0 Å². The van der Waals surface area contributed by atoms with Gasteiger partial charge in [0.15, 0.2) is 5.75 Å². The molecule has 0 atom stereocenters. The Hall–Kier alpha value is -0.410. The molecule has 0 radical (unpaired) electrons. The van der Waals surface area contributed by atoms with Gasteiger partial charge < -0.3 is 10.8 Å². The van der Waals surface area contributed by atoms with Crippen LogP contribution in [0, 0.1) is 0 Å². The van der Waals surface area contributed by atoms with Crippen LogP contribution in [0.2, 0.25) is 5.02 Å². The van der Waals surface area contributed by atoms with Crippen LogP contribution in [0.4, 0.5) is 5.69 Å². The zero-order chi connectivity index (χ0) is 7.72. The molecule has 0 aliphatic rings. The van der Waals surface area contributed by atoms with Crippen LogP contribution >= 0.6 is 27.5 Å².